The molecule has 35 heavy (non-hydrogen) atoms. The topological polar surface area (TPSA) is 110 Å². The number of halogens is 1. The minimum Gasteiger partial charge on any atom is -0.409 e. The van der Waals surface area contributed by atoms with E-state index >= 15 is 0 Å². The lowest BCUT2D eigenvalue weighted by Gasteiger charge is -2.39. The molecule has 6 rings (SSSR count). The van der Waals surface area contributed by atoms with E-state index in [1.807, 2.05) is 36.4 Å². The molecule has 2 aromatic heterocycles. The Balaban J connectivity index is 1.17. The van der Waals surface area contributed by atoms with Crippen LogP contribution >= 0.6 is 11.6 Å². The number of amidine groups is 1. The minimum absolute atomic E-state index is 0.0644. The molecule has 0 spiro atoms. The van der Waals surface area contributed by atoms with Crippen LogP contribution in [0.4, 0.5) is 5.82 Å². The summed E-state index contributed by atoms with van der Waals surface area (Å²) in [6, 6.07) is 12.3. The Morgan fingerprint density at radius 2 is 1.91 bits per heavy atom. The fourth-order valence-corrected chi connectivity index (χ4v) is 5.80. The SMILES string of the molecule is N/C(=N\O)c1ccc(N2[C@@H]3CC[C@H]2C[C@@H](OCc2c(-c4ccccc4Cl)noc2C2CC2)C3)nc1. The van der Waals surface area contributed by atoms with Gasteiger partial charge in [-0.1, -0.05) is 40.1 Å². The first-order valence-electron chi connectivity index (χ1n) is 12.2. The van der Waals surface area contributed by atoms with Crippen molar-refractivity contribution in [1.29, 1.82) is 0 Å². The molecule has 3 atom stereocenters. The Bertz CT molecular complexity index is 1230. The highest BCUT2D eigenvalue weighted by molar-refractivity contribution is 6.33. The van der Waals surface area contributed by atoms with Gasteiger partial charge in [0.25, 0.3) is 0 Å². The molecule has 0 unspecified atom stereocenters. The minimum atomic E-state index is 0.0644. The first-order chi connectivity index (χ1) is 17.1. The average molecular weight is 494 g/mol. The first-order valence-corrected chi connectivity index (χ1v) is 12.6. The van der Waals surface area contributed by atoms with Crippen molar-refractivity contribution < 1.29 is 14.5 Å². The summed E-state index contributed by atoms with van der Waals surface area (Å²) >= 11 is 6.48. The van der Waals surface area contributed by atoms with Crippen molar-refractivity contribution in [2.24, 2.45) is 10.9 Å². The summed E-state index contributed by atoms with van der Waals surface area (Å²) < 4.78 is 12.3. The van der Waals surface area contributed by atoms with E-state index in [1.165, 1.54) is 0 Å². The molecule has 3 N–H and O–H groups in total. The molecule has 3 fully saturated rings. The maximum Gasteiger partial charge on any atom is 0.171 e. The molecule has 1 aliphatic carbocycles. The van der Waals surface area contributed by atoms with Crippen molar-refractivity contribution in [2.75, 3.05) is 4.90 Å². The number of ether oxygens (including phenoxy) is 1. The van der Waals surface area contributed by atoms with Gasteiger partial charge < -0.3 is 25.1 Å². The lowest BCUT2D eigenvalue weighted by atomic mass is 9.99. The first kappa shape index (κ1) is 22.4. The third kappa shape index (κ3) is 4.25. The van der Waals surface area contributed by atoms with E-state index in [0.29, 0.717) is 35.2 Å². The Kier molecular flexibility index (Phi) is 5.86. The number of piperidine rings is 1. The second-order valence-corrected chi connectivity index (χ2v) is 10.1. The van der Waals surface area contributed by atoms with Crippen LogP contribution in [0.1, 0.15) is 61.3 Å². The van der Waals surface area contributed by atoms with Gasteiger partial charge in [0.15, 0.2) is 5.84 Å². The Hall–Kier alpha value is -3.10. The third-order valence-electron chi connectivity index (χ3n) is 7.46. The standard InChI is InChI=1S/C26H28ClN5O3/c27-22-4-2-1-3-20(22)24-21(25(35-31-24)15-5-6-15)14-34-19-11-17-8-9-18(12-19)32(17)23-10-7-16(13-29-23)26(28)30-33/h1-4,7,10,13,15,17-19,33H,5-6,8-9,11-12,14H2,(H2,28,30)/t17-,18+,19+. The second-order valence-electron chi connectivity index (χ2n) is 9.72. The maximum atomic E-state index is 8.89. The third-order valence-corrected chi connectivity index (χ3v) is 7.79. The van der Waals surface area contributed by atoms with Gasteiger partial charge in [-0.3, -0.25) is 0 Å². The monoisotopic (exact) mass is 493 g/mol. The number of anilines is 1. The highest BCUT2D eigenvalue weighted by Gasteiger charge is 2.42. The number of rotatable bonds is 7. The Morgan fingerprint density at radius 3 is 2.57 bits per heavy atom. The number of pyridine rings is 1. The summed E-state index contributed by atoms with van der Waals surface area (Å²) in [7, 11) is 0. The summed E-state index contributed by atoms with van der Waals surface area (Å²) in [5.41, 5.74) is 9.01. The lowest BCUT2D eigenvalue weighted by Crippen LogP contribution is -2.46. The van der Waals surface area contributed by atoms with Crippen LogP contribution in [-0.2, 0) is 11.3 Å². The van der Waals surface area contributed by atoms with Crippen molar-refractivity contribution in [1.82, 2.24) is 10.1 Å². The molecule has 182 valence electrons. The molecule has 2 saturated heterocycles. The number of oxime groups is 1. The normalized spacial score (nSPS) is 24.2. The van der Waals surface area contributed by atoms with E-state index in [-0.39, 0.29) is 11.9 Å². The van der Waals surface area contributed by atoms with E-state index in [1.54, 1.807) is 6.20 Å². The van der Waals surface area contributed by atoms with Crippen LogP contribution in [0.2, 0.25) is 5.02 Å². The van der Waals surface area contributed by atoms with Gasteiger partial charge in [-0.05, 0) is 56.7 Å². The predicted octanol–water partition coefficient (Wildman–Crippen LogP) is 5.08. The lowest BCUT2D eigenvalue weighted by molar-refractivity contribution is 0.0146. The van der Waals surface area contributed by atoms with Gasteiger partial charge in [0.1, 0.15) is 17.3 Å². The molecular formula is C26H28ClN5O3. The smallest absolute Gasteiger partial charge is 0.171 e. The van der Waals surface area contributed by atoms with Crippen LogP contribution in [0.5, 0.6) is 0 Å². The largest absolute Gasteiger partial charge is 0.409 e. The van der Waals surface area contributed by atoms with Crippen molar-refractivity contribution in [3.8, 4) is 11.3 Å². The zero-order valence-corrected chi connectivity index (χ0v) is 20.1. The van der Waals surface area contributed by atoms with Gasteiger partial charge >= 0.3 is 0 Å². The zero-order valence-electron chi connectivity index (χ0n) is 19.3. The number of nitrogens with zero attached hydrogens (tertiary/aromatic N) is 4. The van der Waals surface area contributed by atoms with E-state index in [0.717, 1.165) is 66.9 Å². The fourth-order valence-electron chi connectivity index (χ4n) is 5.58. The fraction of sp³-hybridized carbons (Fsp3) is 0.423. The van der Waals surface area contributed by atoms with Crippen LogP contribution in [0.25, 0.3) is 11.3 Å². The van der Waals surface area contributed by atoms with Crippen LogP contribution in [0.3, 0.4) is 0 Å². The van der Waals surface area contributed by atoms with Crippen LogP contribution in [-0.4, -0.2) is 39.4 Å². The quantitative estimate of drug-likeness (QED) is 0.204. The van der Waals surface area contributed by atoms with Crippen LogP contribution in [0, 0.1) is 0 Å². The molecular weight excluding hydrogens is 466 g/mol. The van der Waals surface area contributed by atoms with Crippen LogP contribution < -0.4 is 10.6 Å². The summed E-state index contributed by atoms with van der Waals surface area (Å²) in [6.07, 6.45) is 8.24. The molecule has 8 nitrogen and oxygen atoms in total. The zero-order chi connectivity index (χ0) is 23.9. The molecule has 4 heterocycles. The Morgan fingerprint density at radius 1 is 1.14 bits per heavy atom. The van der Waals surface area contributed by atoms with Crippen molar-refractivity contribution in [2.45, 2.75) is 69.2 Å². The van der Waals surface area contributed by atoms with Gasteiger partial charge in [0.2, 0.25) is 0 Å². The molecule has 2 bridgehead atoms. The average Bonchev–Trinajstić information content (AvgIpc) is 3.59. The highest BCUT2D eigenvalue weighted by atomic mass is 35.5. The van der Waals surface area contributed by atoms with E-state index in [2.05, 4.69) is 20.2 Å². The summed E-state index contributed by atoms with van der Waals surface area (Å²) in [5.74, 6) is 2.39. The molecule has 2 aliphatic heterocycles. The number of hydrogen-bond acceptors (Lipinski definition) is 7. The number of hydrogen-bond donors (Lipinski definition) is 2. The number of fused-ring (bicyclic) bond motifs is 2. The summed E-state index contributed by atoms with van der Waals surface area (Å²) in [5, 5.41) is 17.0. The molecule has 0 radical (unpaired) electrons. The molecule has 1 saturated carbocycles. The predicted molar refractivity (Wildman–Crippen MR) is 133 cm³/mol. The number of nitrogens with two attached hydrogens (primary N) is 1. The van der Waals surface area contributed by atoms with Crippen LogP contribution in [0.15, 0.2) is 52.3 Å². The molecule has 1 aromatic carbocycles. The van der Waals surface area contributed by atoms with Crippen molar-refractivity contribution in [3.05, 3.63) is 64.5 Å². The second kappa shape index (κ2) is 9.17. The number of aromatic nitrogens is 2. The van der Waals surface area contributed by atoms with Gasteiger partial charge in [0, 0.05) is 40.9 Å². The van der Waals surface area contributed by atoms with Gasteiger partial charge in [-0.15, -0.1) is 0 Å². The van der Waals surface area contributed by atoms with Crippen molar-refractivity contribution >= 4 is 23.3 Å². The van der Waals surface area contributed by atoms with E-state index in [9.17, 15) is 0 Å². The summed E-state index contributed by atoms with van der Waals surface area (Å²) in [4.78, 5) is 7.01. The van der Waals surface area contributed by atoms with E-state index < -0.39 is 0 Å². The van der Waals surface area contributed by atoms with Crippen molar-refractivity contribution in [3.63, 3.8) is 0 Å². The van der Waals surface area contributed by atoms with Gasteiger partial charge in [-0.2, -0.15) is 0 Å². The molecule has 3 aliphatic rings. The molecule has 9 heteroatoms. The van der Waals surface area contributed by atoms with E-state index in [4.69, 9.17) is 31.8 Å². The van der Waals surface area contributed by atoms with Gasteiger partial charge in [-0.25, -0.2) is 4.98 Å². The summed E-state index contributed by atoms with van der Waals surface area (Å²) in [6.45, 7) is 0.479. The molecule has 0 amide bonds. The molecule has 3 aromatic rings. The van der Waals surface area contributed by atoms with Gasteiger partial charge in [0.05, 0.1) is 17.7 Å². The highest BCUT2D eigenvalue weighted by Crippen LogP contribution is 2.45. The number of benzene rings is 1. The Labute approximate surface area is 208 Å². The maximum absolute atomic E-state index is 8.89.